The quantitative estimate of drug-likeness (QED) is 0.846. The lowest BCUT2D eigenvalue weighted by atomic mass is 9.97. The summed E-state index contributed by atoms with van der Waals surface area (Å²) in [6.07, 6.45) is -4.73. The van der Waals surface area contributed by atoms with Crippen LogP contribution in [0.25, 0.3) is 10.9 Å². The molecule has 0 saturated heterocycles. The zero-order valence-electron chi connectivity index (χ0n) is 10.9. The summed E-state index contributed by atoms with van der Waals surface area (Å²) in [5, 5.41) is 10.3. The van der Waals surface area contributed by atoms with Crippen LogP contribution in [-0.2, 0) is 17.8 Å². The van der Waals surface area contributed by atoms with Crippen LogP contribution in [0.4, 0.5) is 13.2 Å². The number of amides is 1. The third-order valence-electron chi connectivity index (χ3n) is 3.83. The maximum atomic E-state index is 12.6. The maximum Gasteiger partial charge on any atom is 0.471 e. The van der Waals surface area contributed by atoms with Crippen molar-refractivity contribution in [2.24, 2.45) is 0 Å². The smallest absolute Gasteiger partial charge is 0.394 e. The number of hydrogen-bond acceptors (Lipinski definition) is 2. The van der Waals surface area contributed by atoms with Crippen LogP contribution in [0.2, 0.25) is 0 Å². The van der Waals surface area contributed by atoms with E-state index in [0.29, 0.717) is 10.6 Å². The van der Waals surface area contributed by atoms with Crippen molar-refractivity contribution in [2.45, 2.75) is 25.2 Å². The Morgan fingerprint density at radius 2 is 2.10 bits per heavy atom. The van der Waals surface area contributed by atoms with Crippen molar-refractivity contribution >= 4 is 16.8 Å². The fourth-order valence-electron chi connectivity index (χ4n) is 2.83. The minimum absolute atomic E-state index is 0.173. The van der Waals surface area contributed by atoms with E-state index < -0.39 is 24.7 Å². The molecule has 112 valence electrons. The first-order valence-electron chi connectivity index (χ1n) is 6.49. The number of nitrogens with one attached hydrogen (secondary N) is 1. The Labute approximate surface area is 118 Å². The number of aliphatic hydroxyl groups excluding tert-OH is 1. The monoisotopic (exact) mass is 298 g/mol. The van der Waals surface area contributed by atoms with Gasteiger partial charge in [0, 0.05) is 16.6 Å². The minimum Gasteiger partial charge on any atom is -0.394 e. The zero-order chi connectivity index (χ0) is 15.2. The average molecular weight is 298 g/mol. The topological polar surface area (TPSA) is 56.3 Å². The molecule has 0 aliphatic carbocycles. The number of rotatable bonds is 1. The Hall–Kier alpha value is -2.02. The molecule has 0 saturated carbocycles. The number of alkyl halides is 3. The van der Waals surface area contributed by atoms with Crippen molar-refractivity contribution in [1.82, 2.24) is 9.88 Å². The van der Waals surface area contributed by atoms with Gasteiger partial charge in [0.2, 0.25) is 0 Å². The number of H-pyrrole nitrogens is 1. The third-order valence-corrected chi connectivity index (χ3v) is 3.83. The molecule has 3 rings (SSSR count). The van der Waals surface area contributed by atoms with Crippen molar-refractivity contribution in [2.75, 3.05) is 6.61 Å². The maximum absolute atomic E-state index is 12.6. The highest BCUT2D eigenvalue weighted by atomic mass is 19.4. The molecular formula is C14H13F3N2O2. The standard InChI is InChI=1S/C14H13F3N2O2/c15-14(16,17)13(21)19-6-12-10(5-8(19)7-20)9-3-1-2-4-11(9)18-12/h1-4,8,18,20H,5-7H2. The van der Waals surface area contributed by atoms with E-state index in [9.17, 15) is 23.1 Å². The van der Waals surface area contributed by atoms with E-state index in [1.807, 2.05) is 24.3 Å². The molecule has 1 aliphatic rings. The van der Waals surface area contributed by atoms with Crippen molar-refractivity contribution < 1.29 is 23.1 Å². The molecule has 1 unspecified atom stereocenters. The van der Waals surface area contributed by atoms with Crippen LogP contribution < -0.4 is 0 Å². The van der Waals surface area contributed by atoms with Gasteiger partial charge in [0.15, 0.2) is 0 Å². The molecule has 2 N–H and O–H groups in total. The first kappa shape index (κ1) is 13.9. The molecule has 7 heteroatoms. The highest BCUT2D eigenvalue weighted by Crippen LogP contribution is 2.32. The molecule has 21 heavy (non-hydrogen) atoms. The van der Waals surface area contributed by atoms with Crippen LogP contribution in [0, 0.1) is 0 Å². The summed E-state index contributed by atoms with van der Waals surface area (Å²) in [6, 6.07) is 6.52. The predicted octanol–water partition coefficient (Wildman–Crippen LogP) is 1.98. The number of fused-ring (bicyclic) bond motifs is 3. The summed E-state index contributed by atoms with van der Waals surface area (Å²) < 4.78 is 37.9. The second kappa shape index (κ2) is 4.77. The summed E-state index contributed by atoms with van der Waals surface area (Å²) >= 11 is 0. The fraction of sp³-hybridized carbons (Fsp3) is 0.357. The summed E-state index contributed by atoms with van der Waals surface area (Å²) in [5.41, 5.74) is 2.29. The van der Waals surface area contributed by atoms with Crippen LogP contribution in [-0.4, -0.2) is 39.7 Å². The lowest BCUT2D eigenvalue weighted by Gasteiger charge is -2.35. The lowest BCUT2D eigenvalue weighted by Crippen LogP contribution is -2.51. The number of carbonyl (C=O) groups is 1. The Morgan fingerprint density at radius 1 is 1.38 bits per heavy atom. The first-order valence-corrected chi connectivity index (χ1v) is 6.49. The van der Waals surface area contributed by atoms with E-state index in [2.05, 4.69) is 4.98 Å². The van der Waals surface area contributed by atoms with E-state index in [1.165, 1.54) is 0 Å². The van der Waals surface area contributed by atoms with Gasteiger partial charge in [0.25, 0.3) is 0 Å². The van der Waals surface area contributed by atoms with Gasteiger partial charge in [-0.3, -0.25) is 4.79 Å². The molecule has 1 aromatic heterocycles. The highest BCUT2D eigenvalue weighted by Gasteiger charge is 2.46. The van der Waals surface area contributed by atoms with Gasteiger partial charge in [-0.25, -0.2) is 0 Å². The van der Waals surface area contributed by atoms with Crippen LogP contribution in [0.5, 0.6) is 0 Å². The fourth-order valence-corrected chi connectivity index (χ4v) is 2.83. The summed E-state index contributed by atoms with van der Waals surface area (Å²) in [6.45, 7) is -0.672. The largest absolute Gasteiger partial charge is 0.471 e. The number of aromatic nitrogens is 1. The average Bonchev–Trinajstić information content (AvgIpc) is 2.81. The van der Waals surface area contributed by atoms with E-state index >= 15 is 0 Å². The van der Waals surface area contributed by atoms with E-state index in [4.69, 9.17) is 0 Å². The van der Waals surface area contributed by atoms with Gasteiger partial charge in [-0.1, -0.05) is 18.2 Å². The summed E-state index contributed by atoms with van der Waals surface area (Å²) in [4.78, 5) is 15.2. The lowest BCUT2D eigenvalue weighted by molar-refractivity contribution is -0.189. The molecule has 0 radical (unpaired) electrons. The SMILES string of the molecule is O=C(N1Cc2[nH]c3ccccc3c2CC1CO)C(F)(F)F. The third kappa shape index (κ3) is 2.27. The number of hydrogen-bond donors (Lipinski definition) is 2. The summed E-state index contributed by atoms with van der Waals surface area (Å²) in [7, 11) is 0. The number of aromatic amines is 1. The molecule has 0 fully saturated rings. The Morgan fingerprint density at radius 3 is 2.76 bits per heavy atom. The minimum atomic E-state index is -4.93. The van der Waals surface area contributed by atoms with Gasteiger partial charge in [-0.05, 0) is 18.1 Å². The van der Waals surface area contributed by atoms with Gasteiger partial charge in [-0.15, -0.1) is 0 Å². The van der Waals surface area contributed by atoms with Crippen LogP contribution in [0.3, 0.4) is 0 Å². The van der Waals surface area contributed by atoms with Crippen LogP contribution >= 0.6 is 0 Å². The Balaban J connectivity index is 2.02. The number of benzene rings is 1. The number of nitrogens with zero attached hydrogens (tertiary/aromatic N) is 1. The molecule has 1 aromatic carbocycles. The van der Waals surface area contributed by atoms with Crippen LogP contribution in [0.15, 0.2) is 24.3 Å². The molecule has 0 bridgehead atoms. The van der Waals surface area contributed by atoms with Crippen molar-refractivity contribution in [3.8, 4) is 0 Å². The normalized spacial score (nSPS) is 18.9. The number of carbonyl (C=O) groups excluding carboxylic acids is 1. The molecule has 0 spiro atoms. The van der Waals surface area contributed by atoms with Gasteiger partial charge in [-0.2, -0.15) is 13.2 Å². The van der Waals surface area contributed by atoms with Crippen LogP contribution in [0.1, 0.15) is 11.3 Å². The first-order chi connectivity index (χ1) is 9.91. The number of para-hydroxylation sites is 1. The van der Waals surface area contributed by atoms with Gasteiger partial charge < -0.3 is 15.0 Å². The highest BCUT2D eigenvalue weighted by molar-refractivity contribution is 5.87. The van der Waals surface area contributed by atoms with Gasteiger partial charge in [0.05, 0.1) is 19.2 Å². The Bertz CT molecular complexity index is 693. The molecule has 2 heterocycles. The van der Waals surface area contributed by atoms with E-state index in [0.717, 1.165) is 16.5 Å². The zero-order valence-corrected chi connectivity index (χ0v) is 10.9. The van der Waals surface area contributed by atoms with Crippen molar-refractivity contribution in [3.63, 3.8) is 0 Å². The van der Waals surface area contributed by atoms with E-state index in [1.54, 1.807) is 0 Å². The molecule has 1 atom stereocenters. The second-order valence-corrected chi connectivity index (χ2v) is 5.10. The predicted molar refractivity (Wildman–Crippen MR) is 69.5 cm³/mol. The van der Waals surface area contributed by atoms with E-state index in [-0.39, 0.29) is 13.0 Å². The molecule has 1 amide bonds. The summed E-state index contributed by atoms with van der Waals surface area (Å²) in [5.74, 6) is -1.91. The number of halogens is 3. The molecular weight excluding hydrogens is 285 g/mol. The second-order valence-electron chi connectivity index (χ2n) is 5.10. The van der Waals surface area contributed by atoms with Crippen molar-refractivity contribution in [1.29, 1.82) is 0 Å². The molecule has 1 aliphatic heterocycles. The van der Waals surface area contributed by atoms with Crippen molar-refractivity contribution in [3.05, 3.63) is 35.5 Å². The van der Waals surface area contributed by atoms with Gasteiger partial charge >= 0.3 is 12.1 Å². The molecule has 2 aromatic rings. The molecule has 4 nitrogen and oxygen atoms in total. The number of aliphatic hydroxyl groups is 1. The Kier molecular flexibility index (Phi) is 3.16. The van der Waals surface area contributed by atoms with Gasteiger partial charge in [0.1, 0.15) is 0 Å².